The molecular weight excluding hydrogens is 200 g/mol. The van der Waals surface area contributed by atoms with E-state index in [-0.39, 0.29) is 12.2 Å². The van der Waals surface area contributed by atoms with E-state index in [1.165, 1.54) is 19.3 Å². The molecule has 4 rings (SSSR count). The zero-order valence-corrected chi connectivity index (χ0v) is 9.55. The van der Waals surface area contributed by atoms with Crippen molar-refractivity contribution in [2.24, 2.45) is 29.6 Å². The molecule has 0 aliphatic heterocycles. The lowest BCUT2D eigenvalue weighted by atomic mass is 9.77. The summed E-state index contributed by atoms with van der Waals surface area (Å²) in [6, 6.07) is 0. The van der Waals surface area contributed by atoms with Crippen molar-refractivity contribution in [1.82, 2.24) is 0 Å². The van der Waals surface area contributed by atoms with Gasteiger partial charge in [-0.25, -0.2) is 0 Å². The summed E-state index contributed by atoms with van der Waals surface area (Å²) in [7, 11) is 0. The smallest absolute Gasteiger partial charge is 0.0608 e. The second-order valence-electron chi connectivity index (χ2n) is 6.47. The molecule has 0 saturated heterocycles. The van der Waals surface area contributed by atoms with Crippen LogP contribution in [0, 0.1) is 29.6 Å². The normalized spacial score (nSPS) is 58.4. The molecule has 4 aliphatic carbocycles. The summed E-state index contributed by atoms with van der Waals surface area (Å²) < 4.78 is 0. The van der Waals surface area contributed by atoms with Gasteiger partial charge in [-0.1, -0.05) is 11.6 Å². The monoisotopic (exact) mass is 220 g/mol. The highest BCUT2D eigenvalue weighted by atomic mass is 16.3. The van der Waals surface area contributed by atoms with Crippen LogP contribution in [0.15, 0.2) is 11.6 Å². The molecule has 3 saturated carbocycles. The third kappa shape index (κ3) is 1.15. The molecule has 7 unspecified atom stereocenters. The van der Waals surface area contributed by atoms with Gasteiger partial charge in [0.25, 0.3) is 0 Å². The fourth-order valence-corrected chi connectivity index (χ4v) is 4.96. The predicted octanol–water partition coefficient (Wildman–Crippen LogP) is 1.72. The molecule has 3 fully saturated rings. The Morgan fingerprint density at radius 1 is 0.875 bits per heavy atom. The Labute approximate surface area is 96.4 Å². The number of aliphatic hydroxyl groups excluding tert-OH is 2. The van der Waals surface area contributed by atoms with Crippen molar-refractivity contribution < 1.29 is 10.2 Å². The number of aliphatic hydroxyl groups is 2. The van der Waals surface area contributed by atoms with Crippen molar-refractivity contribution in [1.29, 1.82) is 0 Å². The molecule has 0 aromatic heterocycles. The average Bonchev–Trinajstić information content (AvgIpc) is 2.93. The van der Waals surface area contributed by atoms with Gasteiger partial charge in [-0.15, -0.1) is 0 Å². The molecule has 0 aromatic rings. The van der Waals surface area contributed by atoms with Gasteiger partial charge < -0.3 is 10.2 Å². The second kappa shape index (κ2) is 3.11. The summed E-state index contributed by atoms with van der Waals surface area (Å²) in [5, 5.41) is 19.6. The lowest BCUT2D eigenvalue weighted by molar-refractivity contribution is 0.0979. The van der Waals surface area contributed by atoms with E-state index in [4.69, 9.17) is 0 Å². The molecule has 0 amide bonds. The van der Waals surface area contributed by atoms with Gasteiger partial charge in [-0.2, -0.15) is 0 Å². The first-order chi connectivity index (χ1) is 7.72. The van der Waals surface area contributed by atoms with Crippen LogP contribution in [0.3, 0.4) is 0 Å². The highest BCUT2D eigenvalue weighted by Gasteiger charge is 2.50. The SMILES string of the molecule is OC1CC2CC1C=C2C1CC2CC1CC2O. The summed E-state index contributed by atoms with van der Waals surface area (Å²) in [5.74, 6) is 3.24. The van der Waals surface area contributed by atoms with E-state index in [2.05, 4.69) is 6.08 Å². The summed E-state index contributed by atoms with van der Waals surface area (Å²) in [4.78, 5) is 0. The molecule has 2 N–H and O–H groups in total. The highest BCUT2D eigenvalue weighted by molar-refractivity contribution is 5.27. The van der Waals surface area contributed by atoms with Crippen LogP contribution in [-0.4, -0.2) is 22.4 Å². The van der Waals surface area contributed by atoms with Crippen molar-refractivity contribution in [3.8, 4) is 0 Å². The van der Waals surface area contributed by atoms with Crippen LogP contribution in [0.2, 0.25) is 0 Å². The molecule has 16 heavy (non-hydrogen) atoms. The molecule has 0 aromatic carbocycles. The van der Waals surface area contributed by atoms with Gasteiger partial charge in [-0.05, 0) is 55.8 Å². The molecule has 4 aliphatic rings. The number of hydrogen-bond acceptors (Lipinski definition) is 2. The van der Waals surface area contributed by atoms with Crippen molar-refractivity contribution >= 4 is 0 Å². The molecule has 2 heteroatoms. The van der Waals surface area contributed by atoms with Gasteiger partial charge in [0.05, 0.1) is 12.2 Å². The lowest BCUT2D eigenvalue weighted by Crippen LogP contribution is -2.25. The minimum Gasteiger partial charge on any atom is -0.393 e. The van der Waals surface area contributed by atoms with E-state index in [9.17, 15) is 10.2 Å². The number of rotatable bonds is 1. The molecule has 4 bridgehead atoms. The zero-order valence-electron chi connectivity index (χ0n) is 9.55. The van der Waals surface area contributed by atoms with Gasteiger partial charge >= 0.3 is 0 Å². The molecule has 0 spiro atoms. The van der Waals surface area contributed by atoms with Crippen LogP contribution in [-0.2, 0) is 0 Å². The second-order valence-corrected chi connectivity index (χ2v) is 6.47. The van der Waals surface area contributed by atoms with Gasteiger partial charge in [0, 0.05) is 5.92 Å². The van der Waals surface area contributed by atoms with E-state index >= 15 is 0 Å². The van der Waals surface area contributed by atoms with E-state index in [0.29, 0.717) is 17.8 Å². The highest BCUT2D eigenvalue weighted by Crippen LogP contribution is 2.57. The topological polar surface area (TPSA) is 40.5 Å². The number of allylic oxidation sites excluding steroid dienone is 1. The fraction of sp³-hybridized carbons (Fsp3) is 0.857. The Bertz CT molecular complexity index is 347. The Morgan fingerprint density at radius 3 is 2.25 bits per heavy atom. The van der Waals surface area contributed by atoms with E-state index in [1.54, 1.807) is 5.57 Å². The minimum atomic E-state index is -0.0575. The van der Waals surface area contributed by atoms with Crippen LogP contribution in [0.5, 0.6) is 0 Å². The maximum absolute atomic E-state index is 9.79. The fourth-order valence-electron chi connectivity index (χ4n) is 4.96. The van der Waals surface area contributed by atoms with Crippen molar-refractivity contribution in [3.63, 3.8) is 0 Å². The maximum Gasteiger partial charge on any atom is 0.0608 e. The first kappa shape index (κ1) is 9.67. The molecule has 88 valence electrons. The first-order valence-corrected chi connectivity index (χ1v) is 6.80. The summed E-state index contributed by atoms with van der Waals surface area (Å²) in [5.41, 5.74) is 1.66. The van der Waals surface area contributed by atoms with Gasteiger partial charge in [0.15, 0.2) is 0 Å². The Morgan fingerprint density at radius 2 is 1.75 bits per heavy atom. The molecule has 0 radical (unpaired) electrons. The van der Waals surface area contributed by atoms with Gasteiger partial charge in [0.2, 0.25) is 0 Å². The van der Waals surface area contributed by atoms with Crippen LogP contribution < -0.4 is 0 Å². The summed E-state index contributed by atoms with van der Waals surface area (Å²) in [6.45, 7) is 0. The van der Waals surface area contributed by atoms with Gasteiger partial charge in [-0.3, -0.25) is 0 Å². The van der Waals surface area contributed by atoms with E-state index in [1.807, 2.05) is 0 Å². The molecule has 7 atom stereocenters. The molecule has 0 heterocycles. The lowest BCUT2D eigenvalue weighted by Gasteiger charge is -2.30. The predicted molar refractivity (Wildman–Crippen MR) is 60.6 cm³/mol. The summed E-state index contributed by atoms with van der Waals surface area (Å²) >= 11 is 0. The molecule has 2 nitrogen and oxygen atoms in total. The van der Waals surface area contributed by atoms with Crippen LogP contribution in [0.25, 0.3) is 0 Å². The number of fused-ring (bicyclic) bond motifs is 4. The first-order valence-electron chi connectivity index (χ1n) is 6.80. The Kier molecular flexibility index (Phi) is 1.88. The van der Waals surface area contributed by atoms with Gasteiger partial charge in [0.1, 0.15) is 0 Å². The Hall–Kier alpha value is -0.340. The molecular formula is C14H20O2. The standard InChI is InChI=1S/C14H20O2/c15-13-5-7-1-9(13)3-11(7)12-4-10-2-8(12)6-14(10)16/h3,7-10,12-16H,1-2,4-6H2. The van der Waals surface area contributed by atoms with Crippen LogP contribution >= 0.6 is 0 Å². The van der Waals surface area contributed by atoms with Crippen molar-refractivity contribution in [2.45, 2.75) is 44.3 Å². The number of hydrogen-bond donors (Lipinski definition) is 2. The van der Waals surface area contributed by atoms with E-state index < -0.39 is 0 Å². The Balaban J connectivity index is 1.57. The largest absolute Gasteiger partial charge is 0.393 e. The zero-order chi connectivity index (χ0) is 10.9. The van der Waals surface area contributed by atoms with Crippen molar-refractivity contribution in [2.75, 3.05) is 0 Å². The van der Waals surface area contributed by atoms with Crippen molar-refractivity contribution in [3.05, 3.63) is 11.6 Å². The third-order valence-corrected chi connectivity index (χ3v) is 5.70. The minimum absolute atomic E-state index is 0.00830. The quantitative estimate of drug-likeness (QED) is 0.661. The summed E-state index contributed by atoms with van der Waals surface area (Å²) in [6.07, 6.45) is 8.03. The third-order valence-electron chi connectivity index (χ3n) is 5.70. The van der Waals surface area contributed by atoms with E-state index in [0.717, 1.165) is 24.7 Å². The van der Waals surface area contributed by atoms with Crippen LogP contribution in [0.4, 0.5) is 0 Å². The average molecular weight is 220 g/mol. The van der Waals surface area contributed by atoms with Crippen LogP contribution in [0.1, 0.15) is 32.1 Å². The maximum atomic E-state index is 9.79.